The van der Waals surface area contributed by atoms with Crippen molar-refractivity contribution in [2.75, 3.05) is 13.2 Å². The van der Waals surface area contributed by atoms with Crippen molar-refractivity contribution in [2.24, 2.45) is 5.73 Å². The van der Waals surface area contributed by atoms with Crippen LogP contribution in [0.1, 0.15) is 6.92 Å². The fraction of sp³-hybridized carbons (Fsp3) is 0.750. The molecular formula is C8H14N2O5. The SMILES string of the molecule is C[C@@H](O)[C@H](N)C(=O)OC[C@H]1CNC(=O)O1. The largest absolute Gasteiger partial charge is 0.460 e. The second kappa shape index (κ2) is 4.94. The van der Waals surface area contributed by atoms with E-state index in [0.717, 1.165) is 0 Å². The highest BCUT2D eigenvalue weighted by Gasteiger charge is 2.26. The Morgan fingerprint density at radius 1 is 1.87 bits per heavy atom. The van der Waals surface area contributed by atoms with Crippen molar-refractivity contribution in [1.82, 2.24) is 5.32 Å². The van der Waals surface area contributed by atoms with E-state index in [1.54, 1.807) is 0 Å². The zero-order valence-electron chi connectivity index (χ0n) is 8.30. The minimum Gasteiger partial charge on any atom is -0.460 e. The first-order valence-corrected chi connectivity index (χ1v) is 4.55. The minimum atomic E-state index is -1.07. The first-order chi connectivity index (χ1) is 7.00. The number of carbonyl (C=O) groups excluding carboxylic acids is 2. The summed E-state index contributed by atoms with van der Waals surface area (Å²) in [7, 11) is 0. The molecule has 0 spiro atoms. The first kappa shape index (κ1) is 11.7. The Balaban J connectivity index is 2.25. The number of cyclic esters (lactones) is 1. The van der Waals surface area contributed by atoms with Gasteiger partial charge in [-0.3, -0.25) is 4.79 Å². The molecule has 0 saturated carbocycles. The van der Waals surface area contributed by atoms with Gasteiger partial charge in [0.1, 0.15) is 12.6 Å². The van der Waals surface area contributed by atoms with Gasteiger partial charge in [0.2, 0.25) is 0 Å². The second-order valence-electron chi connectivity index (χ2n) is 3.30. The summed E-state index contributed by atoms with van der Waals surface area (Å²) >= 11 is 0. The van der Waals surface area contributed by atoms with Crippen molar-refractivity contribution in [3.8, 4) is 0 Å². The average Bonchev–Trinajstić information content (AvgIpc) is 2.59. The number of nitrogens with one attached hydrogen (secondary N) is 1. The molecule has 1 rings (SSSR count). The maximum atomic E-state index is 11.2. The van der Waals surface area contributed by atoms with E-state index in [1.165, 1.54) is 6.92 Å². The zero-order valence-corrected chi connectivity index (χ0v) is 8.30. The number of ether oxygens (including phenoxy) is 2. The lowest BCUT2D eigenvalue weighted by Gasteiger charge is -2.15. The maximum Gasteiger partial charge on any atom is 0.407 e. The predicted octanol–water partition coefficient (Wildman–Crippen LogP) is -1.65. The molecule has 1 heterocycles. The van der Waals surface area contributed by atoms with Crippen molar-refractivity contribution in [2.45, 2.75) is 25.2 Å². The highest BCUT2D eigenvalue weighted by Crippen LogP contribution is 2.01. The molecule has 1 fully saturated rings. The van der Waals surface area contributed by atoms with Crippen molar-refractivity contribution in [3.05, 3.63) is 0 Å². The van der Waals surface area contributed by atoms with Gasteiger partial charge in [-0.2, -0.15) is 0 Å². The number of aliphatic hydroxyl groups excluding tert-OH is 1. The summed E-state index contributed by atoms with van der Waals surface area (Å²) in [5.74, 6) is -0.715. The van der Waals surface area contributed by atoms with Gasteiger partial charge in [-0.25, -0.2) is 4.79 Å². The van der Waals surface area contributed by atoms with Gasteiger partial charge in [0, 0.05) is 0 Å². The molecule has 86 valence electrons. The molecule has 0 unspecified atom stereocenters. The van der Waals surface area contributed by atoms with E-state index < -0.39 is 30.3 Å². The van der Waals surface area contributed by atoms with E-state index in [4.69, 9.17) is 20.3 Å². The van der Waals surface area contributed by atoms with Crippen LogP contribution in [-0.4, -0.2) is 48.6 Å². The summed E-state index contributed by atoms with van der Waals surface area (Å²) in [4.78, 5) is 21.8. The molecule has 1 saturated heterocycles. The molecule has 1 amide bonds. The molecule has 3 atom stereocenters. The number of esters is 1. The number of amides is 1. The van der Waals surface area contributed by atoms with Crippen molar-refractivity contribution in [3.63, 3.8) is 0 Å². The van der Waals surface area contributed by atoms with Crippen LogP contribution < -0.4 is 11.1 Å². The topological polar surface area (TPSA) is 111 Å². The Hall–Kier alpha value is -1.34. The number of rotatable bonds is 4. The standard InChI is InChI=1S/C8H14N2O5/c1-4(11)6(9)7(12)14-3-5-2-10-8(13)15-5/h4-6,11H,2-3,9H2,1H3,(H,10,13)/t4-,5-,6+/m1/s1. The van der Waals surface area contributed by atoms with Gasteiger partial charge in [-0.15, -0.1) is 0 Å². The summed E-state index contributed by atoms with van der Waals surface area (Å²) in [6, 6.07) is -1.07. The quantitative estimate of drug-likeness (QED) is 0.487. The Morgan fingerprint density at radius 2 is 2.53 bits per heavy atom. The smallest absolute Gasteiger partial charge is 0.407 e. The van der Waals surface area contributed by atoms with E-state index >= 15 is 0 Å². The van der Waals surface area contributed by atoms with Gasteiger partial charge in [0.15, 0.2) is 6.10 Å². The summed E-state index contributed by atoms with van der Waals surface area (Å²) in [6.45, 7) is 1.64. The van der Waals surface area contributed by atoms with Crippen LogP contribution in [-0.2, 0) is 14.3 Å². The van der Waals surface area contributed by atoms with Crippen LogP contribution in [0, 0.1) is 0 Å². The molecule has 0 aromatic heterocycles. The number of aliphatic hydroxyl groups is 1. The molecule has 15 heavy (non-hydrogen) atoms. The number of alkyl carbamates (subject to hydrolysis) is 1. The van der Waals surface area contributed by atoms with E-state index in [1.807, 2.05) is 0 Å². The van der Waals surface area contributed by atoms with Crippen LogP contribution in [0.2, 0.25) is 0 Å². The summed E-state index contributed by atoms with van der Waals surface area (Å²) in [5, 5.41) is 11.4. The van der Waals surface area contributed by atoms with Crippen molar-refractivity contribution < 1.29 is 24.2 Å². The molecule has 0 aromatic carbocycles. The van der Waals surface area contributed by atoms with Gasteiger partial charge in [0.05, 0.1) is 12.6 Å². The Morgan fingerprint density at radius 3 is 3.00 bits per heavy atom. The third kappa shape index (κ3) is 3.37. The molecule has 0 bridgehead atoms. The number of hydrogen-bond acceptors (Lipinski definition) is 6. The van der Waals surface area contributed by atoms with Crippen LogP contribution in [0.5, 0.6) is 0 Å². The highest BCUT2D eigenvalue weighted by molar-refractivity contribution is 5.76. The number of nitrogens with two attached hydrogens (primary N) is 1. The van der Waals surface area contributed by atoms with E-state index in [9.17, 15) is 9.59 Å². The molecule has 0 aromatic rings. The molecular weight excluding hydrogens is 204 g/mol. The van der Waals surface area contributed by atoms with Gasteiger partial charge in [-0.1, -0.05) is 0 Å². The molecule has 7 heteroatoms. The molecule has 1 aliphatic rings. The lowest BCUT2D eigenvalue weighted by atomic mass is 10.2. The van der Waals surface area contributed by atoms with Crippen molar-refractivity contribution >= 4 is 12.1 Å². The van der Waals surface area contributed by atoms with Gasteiger partial charge < -0.3 is 25.6 Å². The number of hydrogen-bond donors (Lipinski definition) is 3. The van der Waals surface area contributed by atoms with Gasteiger partial charge in [0.25, 0.3) is 0 Å². The predicted molar refractivity (Wildman–Crippen MR) is 48.9 cm³/mol. The minimum absolute atomic E-state index is 0.0575. The Kier molecular flexibility index (Phi) is 3.87. The van der Waals surface area contributed by atoms with E-state index in [-0.39, 0.29) is 6.61 Å². The van der Waals surface area contributed by atoms with Gasteiger partial charge >= 0.3 is 12.1 Å². The van der Waals surface area contributed by atoms with Gasteiger partial charge in [-0.05, 0) is 6.92 Å². The Labute approximate surface area is 86.5 Å². The van der Waals surface area contributed by atoms with E-state index in [2.05, 4.69) is 5.32 Å². The molecule has 1 aliphatic heterocycles. The van der Waals surface area contributed by atoms with Crippen molar-refractivity contribution in [1.29, 1.82) is 0 Å². The van der Waals surface area contributed by atoms with Crippen LogP contribution in [0.25, 0.3) is 0 Å². The Bertz CT molecular complexity index is 255. The first-order valence-electron chi connectivity index (χ1n) is 4.55. The highest BCUT2D eigenvalue weighted by atomic mass is 16.6. The van der Waals surface area contributed by atoms with Crippen LogP contribution in [0.15, 0.2) is 0 Å². The van der Waals surface area contributed by atoms with Crippen LogP contribution in [0.3, 0.4) is 0 Å². The monoisotopic (exact) mass is 218 g/mol. The third-order valence-electron chi connectivity index (χ3n) is 1.95. The van der Waals surface area contributed by atoms with Crippen LogP contribution in [0.4, 0.5) is 4.79 Å². The fourth-order valence-corrected chi connectivity index (χ4v) is 0.993. The maximum absolute atomic E-state index is 11.2. The zero-order chi connectivity index (χ0) is 11.4. The number of carbonyl (C=O) groups is 2. The molecule has 4 N–H and O–H groups in total. The lowest BCUT2D eigenvalue weighted by molar-refractivity contribution is -0.150. The average molecular weight is 218 g/mol. The molecule has 0 radical (unpaired) electrons. The second-order valence-corrected chi connectivity index (χ2v) is 3.30. The fourth-order valence-electron chi connectivity index (χ4n) is 0.993. The summed E-state index contributed by atoms with van der Waals surface area (Å²) in [5.41, 5.74) is 5.32. The van der Waals surface area contributed by atoms with E-state index in [0.29, 0.717) is 6.54 Å². The summed E-state index contributed by atoms with van der Waals surface area (Å²) in [6.07, 6.45) is -1.99. The normalized spacial score (nSPS) is 23.9. The molecule has 7 nitrogen and oxygen atoms in total. The van der Waals surface area contributed by atoms with Crippen LogP contribution >= 0.6 is 0 Å². The molecule has 0 aliphatic carbocycles. The lowest BCUT2D eigenvalue weighted by Crippen LogP contribution is -2.42. The summed E-state index contributed by atoms with van der Waals surface area (Å²) < 4.78 is 9.48. The third-order valence-corrected chi connectivity index (χ3v) is 1.95.